The maximum atomic E-state index is 12.4. The van der Waals surface area contributed by atoms with E-state index in [4.69, 9.17) is 0 Å². The van der Waals surface area contributed by atoms with Gasteiger partial charge >= 0.3 is 6.61 Å². The number of nitrogens with zero attached hydrogens (tertiary/aromatic N) is 3. The fourth-order valence-corrected chi connectivity index (χ4v) is 3.08. The second-order valence-corrected chi connectivity index (χ2v) is 5.68. The van der Waals surface area contributed by atoms with Crippen LogP contribution in [-0.4, -0.2) is 17.4 Å². The zero-order valence-electron chi connectivity index (χ0n) is 12.2. The molecular formula is C16H13F2N3OS. The summed E-state index contributed by atoms with van der Waals surface area (Å²) in [5.74, 6) is 0.0714. The average molecular weight is 333 g/mol. The predicted molar refractivity (Wildman–Crippen MR) is 87.0 cm³/mol. The zero-order chi connectivity index (χ0) is 16.2. The quantitative estimate of drug-likeness (QED) is 0.529. The van der Waals surface area contributed by atoms with Gasteiger partial charge in [0.1, 0.15) is 5.75 Å². The minimum absolute atomic E-state index is 0.0714. The standard InChI is InChI=1S/C16H13F2N3OS/c1-21-12-7-3-5-9-14(12)23-16(21)20-19-10-11-6-2-4-8-13(11)22-15(17)18/h2-10,15H,1H3/b19-10+,20-16+. The van der Waals surface area contributed by atoms with Gasteiger partial charge < -0.3 is 9.30 Å². The van der Waals surface area contributed by atoms with E-state index in [1.54, 1.807) is 18.2 Å². The molecule has 7 heteroatoms. The van der Waals surface area contributed by atoms with Gasteiger partial charge in [-0.1, -0.05) is 35.6 Å². The molecule has 0 saturated carbocycles. The van der Waals surface area contributed by atoms with Crippen LogP contribution in [0.2, 0.25) is 0 Å². The molecule has 0 aliphatic heterocycles. The van der Waals surface area contributed by atoms with Crippen LogP contribution in [0.3, 0.4) is 0 Å². The van der Waals surface area contributed by atoms with Gasteiger partial charge in [0.15, 0.2) is 0 Å². The summed E-state index contributed by atoms with van der Waals surface area (Å²) in [6, 6.07) is 14.4. The van der Waals surface area contributed by atoms with Gasteiger partial charge in [-0.25, -0.2) is 0 Å². The molecule has 0 amide bonds. The molecule has 118 valence electrons. The summed E-state index contributed by atoms with van der Waals surface area (Å²) in [5, 5.41) is 8.17. The smallest absolute Gasteiger partial charge is 0.387 e. The lowest BCUT2D eigenvalue weighted by atomic mass is 10.2. The van der Waals surface area contributed by atoms with Crippen LogP contribution in [0.5, 0.6) is 5.75 Å². The van der Waals surface area contributed by atoms with Crippen LogP contribution in [0, 0.1) is 0 Å². The molecule has 1 aromatic heterocycles. The Morgan fingerprint density at radius 3 is 2.65 bits per heavy atom. The van der Waals surface area contributed by atoms with Crippen molar-refractivity contribution in [1.29, 1.82) is 0 Å². The van der Waals surface area contributed by atoms with E-state index in [0.29, 0.717) is 5.56 Å². The van der Waals surface area contributed by atoms with Crippen molar-refractivity contribution in [3.8, 4) is 5.75 Å². The molecule has 2 aromatic carbocycles. The van der Waals surface area contributed by atoms with Gasteiger partial charge in [-0.05, 0) is 24.3 Å². The minimum Gasteiger partial charge on any atom is -0.434 e. The highest BCUT2D eigenvalue weighted by atomic mass is 32.1. The van der Waals surface area contributed by atoms with Crippen molar-refractivity contribution < 1.29 is 13.5 Å². The minimum atomic E-state index is -2.87. The van der Waals surface area contributed by atoms with Crippen molar-refractivity contribution in [1.82, 2.24) is 4.57 Å². The van der Waals surface area contributed by atoms with Gasteiger partial charge in [0.25, 0.3) is 0 Å². The Morgan fingerprint density at radius 2 is 1.87 bits per heavy atom. The van der Waals surface area contributed by atoms with Crippen LogP contribution < -0.4 is 9.54 Å². The fraction of sp³-hybridized carbons (Fsp3) is 0.125. The molecule has 0 aliphatic rings. The number of para-hydroxylation sites is 2. The van der Waals surface area contributed by atoms with Crippen molar-refractivity contribution >= 4 is 27.8 Å². The third-order valence-electron chi connectivity index (χ3n) is 3.19. The van der Waals surface area contributed by atoms with E-state index in [1.165, 1.54) is 23.6 Å². The van der Waals surface area contributed by atoms with Crippen molar-refractivity contribution in [2.24, 2.45) is 17.3 Å². The van der Waals surface area contributed by atoms with E-state index >= 15 is 0 Å². The summed E-state index contributed by atoms with van der Waals surface area (Å²) in [5.41, 5.74) is 1.51. The number of benzene rings is 2. The maximum absolute atomic E-state index is 12.4. The van der Waals surface area contributed by atoms with Crippen molar-refractivity contribution in [3.63, 3.8) is 0 Å². The Hall–Kier alpha value is -2.54. The highest BCUT2D eigenvalue weighted by Gasteiger charge is 2.07. The molecule has 0 bridgehead atoms. The van der Waals surface area contributed by atoms with Crippen LogP contribution in [0.4, 0.5) is 8.78 Å². The monoisotopic (exact) mass is 333 g/mol. The van der Waals surface area contributed by atoms with E-state index in [1.807, 2.05) is 35.9 Å². The molecule has 0 fully saturated rings. The molecule has 0 atom stereocenters. The first kappa shape index (κ1) is 15.4. The van der Waals surface area contributed by atoms with Crippen LogP contribution >= 0.6 is 11.3 Å². The van der Waals surface area contributed by atoms with Gasteiger partial charge in [0.2, 0.25) is 4.80 Å². The van der Waals surface area contributed by atoms with Gasteiger partial charge in [-0.3, -0.25) is 0 Å². The second-order valence-electron chi connectivity index (χ2n) is 4.67. The number of aromatic nitrogens is 1. The van der Waals surface area contributed by atoms with Gasteiger partial charge in [-0.15, -0.1) is 5.10 Å². The summed E-state index contributed by atoms with van der Waals surface area (Å²) in [4.78, 5) is 0.717. The summed E-state index contributed by atoms with van der Waals surface area (Å²) < 4.78 is 32.2. The number of alkyl halides is 2. The number of thiazole rings is 1. The number of halogens is 2. The van der Waals surface area contributed by atoms with E-state index in [-0.39, 0.29) is 5.75 Å². The Balaban J connectivity index is 1.92. The Labute approximate surface area is 135 Å². The molecule has 0 saturated heterocycles. The average Bonchev–Trinajstić information content (AvgIpc) is 2.85. The number of ether oxygens (including phenoxy) is 1. The summed E-state index contributed by atoms with van der Waals surface area (Å²) in [6.07, 6.45) is 1.40. The summed E-state index contributed by atoms with van der Waals surface area (Å²) >= 11 is 1.51. The van der Waals surface area contributed by atoms with Crippen LogP contribution in [0.15, 0.2) is 58.7 Å². The molecule has 0 aliphatic carbocycles. The number of aryl methyl sites for hydroxylation is 1. The number of rotatable bonds is 4. The number of hydrogen-bond acceptors (Lipinski definition) is 4. The van der Waals surface area contributed by atoms with Gasteiger partial charge in [0, 0.05) is 12.6 Å². The molecule has 4 nitrogen and oxygen atoms in total. The highest BCUT2D eigenvalue weighted by molar-refractivity contribution is 7.16. The van der Waals surface area contributed by atoms with Crippen LogP contribution in [0.25, 0.3) is 10.2 Å². The molecule has 0 unspecified atom stereocenters. The molecule has 1 heterocycles. The first-order valence-corrected chi connectivity index (χ1v) is 7.62. The SMILES string of the molecule is Cn1/c(=N\N=C\c2ccccc2OC(F)F)sc2ccccc21. The molecule has 3 aromatic rings. The number of hydrogen-bond donors (Lipinski definition) is 0. The Morgan fingerprint density at radius 1 is 1.13 bits per heavy atom. The zero-order valence-corrected chi connectivity index (χ0v) is 13.0. The third-order valence-corrected chi connectivity index (χ3v) is 4.29. The first-order chi connectivity index (χ1) is 11.1. The molecule has 3 rings (SSSR count). The highest BCUT2D eigenvalue weighted by Crippen LogP contribution is 2.18. The lowest BCUT2D eigenvalue weighted by molar-refractivity contribution is -0.0499. The van der Waals surface area contributed by atoms with Crippen LogP contribution in [0.1, 0.15) is 5.56 Å². The van der Waals surface area contributed by atoms with Gasteiger partial charge in [-0.2, -0.15) is 13.9 Å². The summed E-state index contributed by atoms with van der Waals surface area (Å²) in [6.45, 7) is -2.87. The third kappa shape index (κ3) is 3.45. The lowest BCUT2D eigenvalue weighted by Crippen LogP contribution is -2.09. The van der Waals surface area contributed by atoms with Crippen LogP contribution in [-0.2, 0) is 7.05 Å². The summed E-state index contributed by atoms with van der Waals surface area (Å²) in [7, 11) is 1.90. The molecule has 0 radical (unpaired) electrons. The Bertz CT molecular complexity index is 915. The van der Waals surface area contributed by atoms with E-state index in [0.717, 1.165) is 15.0 Å². The van der Waals surface area contributed by atoms with E-state index in [2.05, 4.69) is 14.9 Å². The normalized spacial score (nSPS) is 12.6. The molecule has 0 N–H and O–H groups in total. The molecule has 0 spiro atoms. The lowest BCUT2D eigenvalue weighted by Gasteiger charge is -2.06. The fourth-order valence-electron chi connectivity index (χ4n) is 2.11. The first-order valence-electron chi connectivity index (χ1n) is 6.80. The predicted octanol–water partition coefficient (Wildman–Crippen LogP) is 3.78. The molecule has 23 heavy (non-hydrogen) atoms. The van der Waals surface area contributed by atoms with E-state index in [9.17, 15) is 8.78 Å². The second kappa shape index (κ2) is 6.70. The topological polar surface area (TPSA) is 38.9 Å². The van der Waals surface area contributed by atoms with E-state index < -0.39 is 6.61 Å². The van der Waals surface area contributed by atoms with Crippen molar-refractivity contribution in [3.05, 3.63) is 58.9 Å². The molecular weight excluding hydrogens is 320 g/mol. The van der Waals surface area contributed by atoms with Gasteiger partial charge in [0.05, 0.1) is 16.4 Å². The Kier molecular flexibility index (Phi) is 4.47. The van der Waals surface area contributed by atoms with Crippen molar-refractivity contribution in [2.75, 3.05) is 0 Å². The van der Waals surface area contributed by atoms with Crippen molar-refractivity contribution in [2.45, 2.75) is 6.61 Å². The number of fused-ring (bicyclic) bond motifs is 1. The largest absolute Gasteiger partial charge is 0.434 e. The maximum Gasteiger partial charge on any atom is 0.387 e.